The van der Waals surface area contributed by atoms with Crippen molar-refractivity contribution in [3.8, 4) is 9.75 Å². The van der Waals surface area contributed by atoms with Crippen LogP contribution in [-0.2, 0) is 39.1 Å². The van der Waals surface area contributed by atoms with E-state index in [1.807, 2.05) is 11.3 Å². The molecule has 0 unspecified atom stereocenters. The predicted octanol–water partition coefficient (Wildman–Crippen LogP) is 3.49. The maximum atomic E-state index is 3.20. The van der Waals surface area contributed by atoms with Gasteiger partial charge in [-0.1, -0.05) is 6.42 Å². The van der Waals surface area contributed by atoms with Crippen molar-refractivity contribution in [1.29, 1.82) is 0 Å². The monoisotopic (exact) mass is 280 g/mol. The van der Waals surface area contributed by atoms with Crippen molar-refractivity contribution in [2.45, 2.75) is 13.3 Å². The summed E-state index contributed by atoms with van der Waals surface area (Å²) < 4.78 is 0. The van der Waals surface area contributed by atoms with Crippen LogP contribution in [0.25, 0.3) is 9.75 Å². The van der Waals surface area contributed by atoms with E-state index in [9.17, 15) is 0 Å². The summed E-state index contributed by atoms with van der Waals surface area (Å²) in [7, 11) is 0. The van der Waals surface area contributed by atoms with Gasteiger partial charge in [0, 0.05) is 37.6 Å². The summed E-state index contributed by atoms with van der Waals surface area (Å²) in [5.41, 5.74) is 2.99. The summed E-state index contributed by atoms with van der Waals surface area (Å²) >= 11 is 3.67. The Kier molecular flexibility index (Phi) is 2.76. The molecule has 63 valence electrons. The van der Waals surface area contributed by atoms with E-state index in [0.29, 0.717) is 0 Å². The Morgan fingerprint density at radius 1 is 1.31 bits per heavy atom. The molecule has 0 amide bonds. The molecule has 0 aromatic carbocycles. The zero-order chi connectivity index (χ0) is 8.13. The van der Waals surface area contributed by atoms with E-state index < -0.39 is 0 Å². The average molecular weight is 280 g/mol. The normalized spacial score (nSPS) is 12.1. The van der Waals surface area contributed by atoms with E-state index in [4.69, 9.17) is 0 Å². The molecule has 1 aliphatic carbocycles. The first-order chi connectivity index (χ1) is 5.84. The second-order valence-electron chi connectivity index (χ2n) is 3.11. The molecule has 0 fully saturated rings. The second kappa shape index (κ2) is 3.58. The third kappa shape index (κ3) is 1.48. The Hall–Kier alpha value is 0.504. The molecule has 0 atom stereocenters. The molecule has 2 heterocycles. The van der Waals surface area contributed by atoms with Crippen molar-refractivity contribution in [2.24, 2.45) is 0 Å². The van der Waals surface area contributed by atoms with E-state index in [1.165, 1.54) is 25.8 Å². The van der Waals surface area contributed by atoms with Crippen LogP contribution in [0.3, 0.4) is 0 Å². The van der Waals surface area contributed by atoms with Gasteiger partial charge in [-0.2, -0.15) is 23.0 Å². The predicted molar refractivity (Wildman–Crippen MR) is 54.0 cm³/mol. The van der Waals surface area contributed by atoms with Gasteiger partial charge in [-0.25, -0.2) is 0 Å². The van der Waals surface area contributed by atoms with Crippen LogP contribution in [0.4, 0.5) is 0 Å². The Morgan fingerprint density at radius 2 is 2.15 bits per heavy atom. The van der Waals surface area contributed by atoms with Crippen LogP contribution in [0.15, 0.2) is 12.1 Å². The van der Waals surface area contributed by atoms with Gasteiger partial charge in [-0.15, -0.1) is 10.3 Å². The van der Waals surface area contributed by atoms with Crippen LogP contribution in [0.2, 0.25) is 0 Å². The summed E-state index contributed by atoms with van der Waals surface area (Å²) in [5.74, 6) is 0. The minimum atomic E-state index is 0. The Labute approximate surface area is 111 Å². The minimum Gasteiger partial charge on any atom is -0.295 e. The number of fused-ring (bicyclic) bond motifs is 3. The number of aryl methyl sites for hydroxylation is 1. The van der Waals surface area contributed by atoms with E-state index in [-0.39, 0.29) is 32.7 Å². The zero-order valence-corrected chi connectivity index (χ0v) is 11.7. The molecule has 1 aliphatic rings. The van der Waals surface area contributed by atoms with Crippen molar-refractivity contribution in [2.75, 3.05) is 0 Å². The average Bonchev–Trinajstić information content (AvgIpc) is 2.59. The number of thiophene rings is 2. The van der Waals surface area contributed by atoms with Crippen LogP contribution < -0.4 is 0 Å². The van der Waals surface area contributed by atoms with Gasteiger partial charge in [0.2, 0.25) is 0 Å². The van der Waals surface area contributed by atoms with Crippen molar-refractivity contribution in [1.82, 2.24) is 0 Å². The first-order valence-corrected chi connectivity index (χ1v) is 5.56. The fourth-order valence-corrected chi connectivity index (χ4v) is 3.77. The first kappa shape index (κ1) is 10.0. The molecule has 3 heteroatoms. The molecule has 0 spiro atoms. The van der Waals surface area contributed by atoms with Gasteiger partial charge >= 0.3 is 0 Å². The fourth-order valence-electron chi connectivity index (χ4n) is 1.71. The molecular weight excluding hydrogens is 273 g/mol. The van der Waals surface area contributed by atoms with Crippen molar-refractivity contribution in [3.63, 3.8) is 0 Å². The Balaban J connectivity index is 0.000000653. The summed E-state index contributed by atoms with van der Waals surface area (Å²) in [6.45, 7) is 2.18. The molecule has 0 N–H and O–H groups in total. The van der Waals surface area contributed by atoms with E-state index >= 15 is 0 Å². The van der Waals surface area contributed by atoms with Gasteiger partial charge in [0.25, 0.3) is 0 Å². The van der Waals surface area contributed by atoms with Gasteiger partial charge in [-0.05, 0) is 23.4 Å². The third-order valence-electron chi connectivity index (χ3n) is 2.21. The van der Waals surface area contributed by atoms with E-state index in [0.717, 1.165) is 6.42 Å². The first-order valence-electron chi connectivity index (χ1n) is 3.93. The molecule has 0 aliphatic heterocycles. The fraction of sp³-hybridized carbons (Fsp3) is 0.200. The quantitative estimate of drug-likeness (QED) is 0.553. The smallest absolute Gasteiger partial charge is 0.00119 e. The third-order valence-corrected chi connectivity index (χ3v) is 4.35. The SMILES string of the molecule is Cc1cc2c(s1)-c1s[c-]cc1C2.[Y]. The van der Waals surface area contributed by atoms with Crippen molar-refractivity contribution < 1.29 is 32.7 Å². The van der Waals surface area contributed by atoms with Gasteiger partial charge < -0.3 is 0 Å². The standard InChI is InChI=1S/C10H7S2.Y/c1-6-4-8-5-7-2-3-11-9(7)10(8)12-6;/h2,4H,5H2,1H3;/q-1;. The van der Waals surface area contributed by atoms with Crippen LogP contribution >= 0.6 is 22.7 Å². The number of hydrogen-bond donors (Lipinski definition) is 0. The number of rotatable bonds is 0. The summed E-state index contributed by atoms with van der Waals surface area (Å²) in [6, 6.07) is 4.44. The molecule has 0 nitrogen and oxygen atoms in total. The Bertz CT molecular complexity index is 439. The summed E-state index contributed by atoms with van der Waals surface area (Å²) in [4.78, 5) is 4.39. The number of hydrogen-bond acceptors (Lipinski definition) is 2. The largest absolute Gasteiger partial charge is 0.295 e. The topological polar surface area (TPSA) is 0 Å². The zero-order valence-electron chi connectivity index (χ0n) is 7.26. The minimum absolute atomic E-state index is 0. The molecule has 1 radical (unpaired) electrons. The molecule has 0 saturated carbocycles. The molecule has 0 saturated heterocycles. The van der Waals surface area contributed by atoms with Crippen LogP contribution in [0.5, 0.6) is 0 Å². The maximum Gasteiger partial charge on any atom is 0.00119 e. The van der Waals surface area contributed by atoms with Crippen LogP contribution in [-0.4, -0.2) is 0 Å². The van der Waals surface area contributed by atoms with Gasteiger partial charge in [-0.3, -0.25) is 11.3 Å². The molecule has 3 rings (SSSR count). The summed E-state index contributed by atoms with van der Waals surface area (Å²) in [5, 5.41) is 3.20. The van der Waals surface area contributed by atoms with Gasteiger partial charge in [0.05, 0.1) is 0 Å². The molecule has 0 bridgehead atoms. The van der Waals surface area contributed by atoms with Crippen molar-refractivity contribution >= 4 is 22.7 Å². The van der Waals surface area contributed by atoms with Gasteiger partial charge in [0.1, 0.15) is 0 Å². The molecule has 2 aromatic heterocycles. The molecular formula is C10H7S2Y-. The molecule has 2 aromatic rings. The van der Waals surface area contributed by atoms with Gasteiger partial charge in [0.15, 0.2) is 0 Å². The summed E-state index contributed by atoms with van der Waals surface area (Å²) in [6.07, 6.45) is 1.13. The Morgan fingerprint density at radius 3 is 3.00 bits per heavy atom. The van der Waals surface area contributed by atoms with Crippen LogP contribution in [0.1, 0.15) is 16.0 Å². The van der Waals surface area contributed by atoms with Crippen molar-refractivity contribution in [3.05, 3.63) is 33.5 Å². The molecule has 13 heavy (non-hydrogen) atoms. The van der Waals surface area contributed by atoms with E-state index in [1.54, 1.807) is 11.3 Å². The van der Waals surface area contributed by atoms with E-state index in [2.05, 4.69) is 24.4 Å². The van der Waals surface area contributed by atoms with Crippen LogP contribution in [0, 0.1) is 12.3 Å². The second-order valence-corrected chi connectivity index (χ2v) is 5.21. The maximum absolute atomic E-state index is 3.20.